The Kier molecular flexibility index (Phi) is 8.22. The summed E-state index contributed by atoms with van der Waals surface area (Å²) >= 11 is 13.4. The van der Waals surface area contributed by atoms with Crippen molar-refractivity contribution in [1.29, 1.82) is 0 Å². The van der Waals surface area contributed by atoms with E-state index in [0.717, 1.165) is 22.2 Å². The first-order valence-corrected chi connectivity index (χ1v) is 12.3. The fourth-order valence-electron chi connectivity index (χ4n) is 3.56. The predicted octanol–water partition coefficient (Wildman–Crippen LogP) is 4.48. The zero-order valence-electron chi connectivity index (χ0n) is 18.8. The maximum absolute atomic E-state index is 12.9. The molecule has 0 radical (unpaired) electrons. The minimum atomic E-state index is -0.532. The summed E-state index contributed by atoms with van der Waals surface area (Å²) in [6.45, 7) is 1.64. The van der Waals surface area contributed by atoms with Gasteiger partial charge in [-0.05, 0) is 41.6 Å². The Morgan fingerprint density at radius 2 is 1.89 bits per heavy atom. The molecule has 0 atom stereocenters. The number of halogens is 2. The van der Waals surface area contributed by atoms with E-state index in [1.54, 1.807) is 23.1 Å². The fraction of sp³-hybridized carbons (Fsp3) is 0.292. The summed E-state index contributed by atoms with van der Waals surface area (Å²) in [4.78, 5) is 40.5. The van der Waals surface area contributed by atoms with Gasteiger partial charge < -0.3 is 19.1 Å². The SMILES string of the molecule is COc1cc(/C=C2/SC(=O)N(CC(=O)N3CCOCC3)C2=O)cc(Cl)c1OCc1ccccc1Cl. The van der Waals surface area contributed by atoms with Crippen molar-refractivity contribution in [2.75, 3.05) is 40.0 Å². The lowest BCUT2D eigenvalue weighted by Gasteiger charge is -2.28. The summed E-state index contributed by atoms with van der Waals surface area (Å²) in [7, 11) is 1.48. The molecule has 2 aromatic rings. The molecule has 0 unspecified atom stereocenters. The molecule has 184 valence electrons. The molecular formula is C24H22Cl2N2O6S. The van der Waals surface area contributed by atoms with Gasteiger partial charge in [-0.1, -0.05) is 41.4 Å². The van der Waals surface area contributed by atoms with E-state index in [9.17, 15) is 14.4 Å². The number of carbonyl (C=O) groups is 3. The number of nitrogens with zero attached hydrogens (tertiary/aromatic N) is 2. The highest BCUT2D eigenvalue weighted by molar-refractivity contribution is 8.18. The zero-order valence-corrected chi connectivity index (χ0v) is 21.1. The number of amides is 3. The van der Waals surface area contributed by atoms with E-state index < -0.39 is 11.1 Å². The second kappa shape index (κ2) is 11.3. The molecule has 0 aliphatic carbocycles. The first kappa shape index (κ1) is 25.4. The molecule has 0 spiro atoms. The van der Waals surface area contributed by atoms with Gasteiger partial charge in [0.15, 0.2) is 11.5 Å². The Balaban J connectivity index is 1.49. The highest BCUT2D eigenvalue weighted by Gasteiger charge is 2.37. The average Bonchev–Trinajstić information content (AvgIpc) is 3.11. The molecule has 2 fully saturated rings. The second-order valence-corrected chi connectivity index (χ2v) is 9.48. The van der Waals surface area contributed by atoms with E-state index in [4.69, 9.17) is 37.4 Å². The third kappa shape index (κ3) is 5.92. The normalized spacial score (nSPS) is 17.3. The van der Waals surface area contributed by atoms with E-state index in [-0.39, 0.29) is 29.0 Å². The second-order valence-electron chi connectivity index (χ2n) is 7.68. The molecule has 11 heteroatoms. The Labute approximate surface area is 216 Å². The van der Waals surface area contributed by atoms with E-state index in [2.05, 4.69) is 0 Å². The number of ether oxygens (including phenoxy) is 3. The summed E-state index contributed by atoms with van der Waals surface area (Å²) < 4.78 is 16.5. The molecule has 3 amide bonds. The van der Waals surface area contributed by atoms with Gasteiger partial charge in [0.2, 0.25) is 5.91 Å². The minimum Gasteiger partial charge on any atom is -0.493 e. The number of morpholine rings is 1. The third-order valence-corrected chi connectivity index (χ3v) is 6.97. The van der Waals surface area contributed by atoms with Crippen LogP contribution < -0.4 is 9.47 Å². The molecule has 4 rings (SSSR count). The Morgan fingerprint density at radius 3 is 2.60 bits per heavy atom. The number of benzene rings is 2. The topological polar surface area (TPSA) is 85.4 Å². The van der Waals surface area contributed by atoms with Gasteiger partial charge >= 0.3 is 0 Å². The van der Waals surface area contributed by atoms with Gasteiger partial charge in [-0.3, -0.25) is 19.3 Å². The monoisotopic (exact) mass is 536 g/mol. The van der Waals surface area contributed by atoms with Crippen molar-refractivity contribution in [1.82, 2.24) is 9.80 Å². The minimum absolute atomic E-state index is 0.186. The lowest BCUT2D eigenvalue weighted by molar-refractivity contribution is -0.139. The van der Waals surface area contributed by atoms with Gasteiger partial charge in [-0.2, -0.15) is 0 Å². The molecule has 0 aromatic heterocycles. The average molecular weight is 537 g/mol. The summed E-state index contributed by atoms with van der Waals surface area (Å²) in [5.74, 6) is -0.134. The standard InChI is InChI=1S/C24H22Cl2N2O6S/c1-32-19-11-15(10-18(26)22(19)34-14-16-4-2-3-5-17(16)25)12-20-23(30)28(24(31)35-20)13-21(29)27-6-8-33-9-7-27/h2-5,10-12H,6-9,13-14H2,1H3/b20-12+. The Hall–Kier alpha value is -2.72. The molecule has 2 saturated heterocycles. The number of hydrogen-bond acceptors (Lipinski definition) is 7. The maximum atomic E-state index is 12.9. The number of imide groups is 1. The van der Waals surface area contributed by atoms with Gasteiger partial charge in [0, 0.05) is 23.7 Å². The van der Waals surface area contributed by atoms with Crippen molar-refractivity contribution in [2.45, 2.75) is 6.61 Å². The van der Waals surface area contributed by atoms with E-state index in [1.807, 2.05) is 18.2 Å². The van der Waals surface area contributed by atoms with Crippen molar-refractivity contribution in [2.24, 2.45) is 0 Å². The van der Waals surface area contributed by atoms with E-state index >= 15 is 0 Å². The van der Waals surface area contributed by atoms with Gasteiger partial charge in [-0.25, -0.2) is 0 Å². The molecular weight excluding hydrogens is 515 g/mol. The summed E-state index contributed by atoms with van der Waals surface area (Å²) in [6.07, 6.45) is 1.54. The van der Waals surface area contributed by atoms with Crippen molar-refractivity contribution in [3.8, 4) is 11.5 Å². The predicted molar refractivity (Wildman–Crippen MR) is 134 cm³/mol. The van der Waals surface area contributed by atoms with Crippen molar-refractivity contribution in [3.05, 3.63) is 62.5 Å². The Morgan fingerprint density at radius 1 is 1.14 bits per heavy atom. The maximum Gasteiger partial charge on any atom is 0.294 e. The van der Waals surface area contributed by atoms with Crippen LogP contribution in [0.15, 0.2) is 41.3 Å². The lowest BCUT2D eigenvalue weighted by atomic mass is 10.1. The molecule has 2 heterocycles. The van der Waals surface area contributed by atoms with Crippen molar-refractivity contribution < 1.29 is 28.6 Å². The smallest absolute Gasteiger partial charge is 0.294 e. The number of thioether (sulfide) groups is 1. The zero-order chi connectivity index (χ0) is 24.9. The van der Waals surface area contributed by atoms with Crippen LogP contribution in [-0.2, 0) is 20.9 Å². The molecule has 0 saturated carbocycles. The van der Waals surface area contributed by atoms with Crippen LogP contribution in [0.25, 0.3) is 6.08 Å². The largest absolute Gasteiger partial charge is 0.493 e. The molecule has 2 aliphatic heterocycles. The molecule has 2 aromatic carbocycles. The van der Waals surface area contributed by atoms with Crippen LogP contribution in [0.3, 0.4) is 0 Å². The van der Waals surface area contributed by atoms with Crippen LogP contribution in [0, 0.1) is 0 Å². The third-order valence-electron chi connectivity index (χ3n) is 5.41. The van der Waals surface area contributed by atoms with Crippen molar-refractivity contribution >= 4 is 58.1 Å². The van der Waals surface area contributed by atoms with Gasteiger partial charge in [-0.15, -0.1) is 0 Å². The van der Waals surface area contributed by atoms with Crippen LogP contribution >= 0.6 is 35.0 Å². The number of rotatable bonds is 7. The van der Waals surface area contributed by atoms with Gasteiger partial charge in [0.1, 0.15) is 13.2 Å². The molecule has 8 nitrogen and oxygen atoms in total. The van der Waals surface area contributed by atoms with Gasteiger partial charge in [0.25, 0.3) is 11.1 Å². The van der Waals surface area contributed by atoms with Crippen LogP contribution in [0.5, 0.6) is 11.5 Å². The highest BCUT2D eigenvalue weighted by Crippen LogP contribution is 2.39. The number of hydrogen-bond donors (Lipinski definition) is 0. The summed E-state index contributed by atoms with van der Waals surface area (Å²) in [5.41, 5.74) is 1.33. The lowest BCUT2D eigenvalue weighted by Crippen LogP contribution is -2.46. The first-order chi connectivity index (χ1) is 16.9. The quantitative estimate of drug-likeness (QED) is 0.482. The van der Waals surface area contributed by atoms with E-state index in [1.165, 1.54) is 13.2 Å². The highest BCUT2D eigenvalue weighted by atomic mass is 35.5. The number of carbonyl (C=O) groups excluding carboxylic acids is 3. The molecule has 0 N–H and O–H groups in total. The molecule has 35 heavy (non-hydrogen) atoms. The van der Waals surface area contributed by atoms with Crippen LogP contribution in [0.4, 0.5) is 4.79 Å². The number of methoxy groups -OCH3 is 1. The van der Waals surface area contributed by atoms with Crippen LogP contribution in [0.2, 0.25) is 10.0 Å². The first-order valence-electron chi connectivity index (χ1n) is 10.7. The van der Waals surface area contributed by atoms with Crippen LogP contribution in [0.1, 0.15) is 11.1 Å². The molecule has 2 aliphatic rings. The van der Waals surface area contributed by atoms with Crippen LogP contribution in [-0.4, -0.2) is 66.8 Å². The van der Waals surface area contributed by atoms with Gasteiger partial charge in [0.05, 0.1) is 30.3 Å². The van der Waals surface area contributed by atoms with E-state index in [0.29, 0.717) is 48.4 Å². The molecule has 0 bridgehead atoms. The Bertz CT molecular complexity index is 1180. The summed E-state index contributed by atoms with van der Waals surface area (Å²) in [5, 5.41) is 0.340. The summed E-state index contributed by atoms with van der Waals surface area (Å²) in [6, 6.07) is 10.6. The van der Waals surface area contributed by atoms with Crippen molar-refractivity contribution in [3.63, 3.8) is 0 Å². The fourth-order valence-corrected chi connectivity index (χ4v) is 4.87.